The molecule has 8 nitrogen and oxygen atoms in total. The number of rotatable bonds is 5. The predicted octanol–water partition coefficient (Wildman–Crippen LogP) is 4.01. The van der Waals surface area contributed by atoms with Crippen LogP contribution in [0.2, 0.25) is 0 Å². The van der Waals surface area contributed by atoms with Crippen molar-refractivity contribution in [2.24, 2.45) is 0 Å². The Morgan fingerprint density at radius 2 is 1.89 bits per heavy atom. The lowest BCUT2D eigenvalue weighted by Crippen LogP contribution is -2.26. The van der Waals surface area contributed by atoms with E-state index < -0.39 is 23.8 Å². The average Bonchev–Trinajstić information content (AvgIpc) is 3.59. The zero-order valence-corrected chi connectivity index (χ0v) is 19.2. The molecular weight excluding hydrogens is 471 g/mol. The van der Waals surface area contributed by atoms with E-state index >= 15 is 0 Å². The lowest BCUT2D eigenvalue weighted by Gasteiger charge is -2.26. The Balaban J connectivity index is 1.27. The molecule has 36 heavy (non-hydrogen) atoms. The molecule has 0 saturated carbocycles. The van der Waals surface area contributed by atoms with Crippen LogP contribution in [0.1, 0.15) is 24.4 Å². The monoisotopic (exact) mass is 495 g/mol. The van der Waals surface area contributed by atoms with Crippen molar-refractivity contribution < 1.29 is 18.3 Å². The molecule has 11 heteroatoms. The number of alkyl halides is 1. The number of anilines is 4. The topological polar surface area (TPSA) is 81.8 Å². The van der Waals surface area contributed by atoms with Crippen LogP contribution in [0, 0.1) is 11.6 Å². The van der Waals surface area contributed by atoms with Gasteiger partial charge in [0.1, 0.15) is 29.4 Å². The van der Waals surface area contributed by atoms with Crippen molar-refractivity contribution in [3.63, 3.8) is 0 Å². The first-order valence-corrected chi connectivity index (χ1v) is 11.8. The first kappa shape index (κ1) is 22.6. The lowest BCUT2D eigenvalue weighted by molar-refractivity contribution is 0.198. The Kier molecular flexibility index (Phi) is 5.63. The Labute approximate surface area is 205 Å². The molecule has 2 aliphatic heterocycles. The molecule has 0 unspecified atom stereocenters. The van der Waals surface area contributed by atoms with Crippen LogP contribution in [0.4, 0.5) is 36.3 Å². The number of β-amino-alcohol motifs (C(OH)–C–C–N with tert-alkyl or cyclic N) is 1. The highest BCUT2D eigenvalue weighted by molar-refractivity contribution is 5.60. The molecule has 2 N–H and O–H groups in total. The van der Waals surface area contributed by atoms with E-state index in [-0.39, 0.29) is 24.6 Å². The SMILES string of the molecule is O[C@H]1CCN(c2ccc(Nc3cnc4ccc(N5C[C@@H](F)C[C@@H]5c5cc(F)ccc5F)nn34)nc2)C1. The fraction of sp³-hybridized carbons (Fsp3) is 0.320. The molecular formula is C25H24F3N7O. The van der Waals surface area contributed by atoms with Crippen LogP contribution in [-0.4, -0.2) is 56.6 Å². The van der Waals surface area contributed by atoms with Gasteiger partial charge in [-0.05, 0) is 48.9 Å². The van der Waals surface area contributed by atoms with Crippen molar-refractivity contribution in [1.29, 1.82) is 0 Å². The number of aliphatic hydroxyl groups is 1. The lowest BCUT2D eigenvalue weighted by atomic mass is 10.0. The molecule has 2 saturated heterocycles. The average molecular weight is 496 g/mol. The number of hydrogen-bond donors (Lipinski definition) is 2. The molecule has 3 aromatic heterocycles. The maximum Gasteiger partial charge on any atom is 0.156 e. The molecule has 6 rings (SSSR count). The number of nitrogens with one attached hydrogen (secondary N) is 1. The van der Waals surface area contributed by atoms with Crippen molar-refractivity contribution in [1.82, 2.24) is 19.6 Å². The van der Waals surface area contributed by atoms with Crippen molar-refractivity contribution in [2.75, 3.05) is 34.8 Å². The summed E-state index contributed by atoms with van der Waals surface area (Å²) in [7, 11) is 0. The fourth-order valence-electron chi connectivity index (χ4n) is 4.96. The van der Waals surface area contributed by atoms with Gasteiger partial charge in [-0.1, -0.05) is 0 Å². The van der Waals surface area contributed by atoms with Crippen molar-refractivity contribution in [3.8, 4) is 0 Å². The number of fused-ring (bicyclic) bond motifs is 1. The van der Waals surface area contributed by atoms with Gasteiger partial charge < -0.3 is 20.2 Å². The Hall–Kier alpha value is -3.86. The standard InChI is InChI=1S/C25H24F3N7O/c26-15-1-3-20(28)19(9-15)21-10-16(27)13-34(21)24-6-5-23-30-12-25(35(23)32-24)31-22-4-2-17(11-29-22)33-8-7-18(36)14-33/h1-6,9,11-12,16,18,21,36H,7-8,10,13-14H2,(H,29,31)/t16-,18-,21+/m0/s1. The van der Waals surface area contributed by atoms with Gasteiger partial charge in [0.2, 0.25) is 0 Å². The summed E-state index contributed by atoms with van der Waals surface area (Å²) in [5, 5.41) is 17.6. The number of pyridine rings is 1. The number of benzene rings is 1. The molecule has 0 spiro atoms. The molecule has 3 atom stereocenters. The number of hydrogen-bond acceptors (Lipinski definition) is 7. The first-order valence-electron chi connectivity index (χ1n) is 11.8. The summed E-state index contributed by atoms with van der Waals surface area (Å²) in [5.74, 6) is 0.403. The Morgan fingerprint density at radius 3 is 2.67 bits per heavy atom. The zero-order valence-electron chi connectivity index (χ0n) is 19.2. The molecule has 1 aromatic carbocycles. The van der Waals surface area contributed by atoms with Gasteiger partial charge in [0.15, 0.2) is 11.5 Å². The molecule has 0 amide bonds. The zero-order chi connectivity index (χ0) is 24.8. The van der Waals surface area contributed by atoms with Gasteiger partial charge in [-0.2, -0.15) is 4.52 Å². The number of imidazole rings is 1. The normalized spacial score (nSPS) is 22.1. The molecule has 0 bridgehead atoms. The van der Waals surface area contributed by atoms with E-state index in [4.69, 9.17) is 0 Å². The smallest absolute Gasteiger partial charge is 0.156 e. The van der Waals surface area contributed by atoms with Gasteiger partial charge in [-0.15, -0.1) is 5.10 Å². The molecule has 2 fully saturated rings. The summed E-state index contributed by atoms with van der Waals surface area (Å²) < 4.78 is 44.4. The third-order valence-corrected chi connectivity index (χ3v) is 6.74. The van der Waals surface area contributed by atoms with Gasteiger partial charge in [0.05, 0.1) is 36.8 Å². The summed E-state index contributed by atoms with van der Waals surface area (Å²) in [6, 6.07) is 9.75. The van der Waals surface area contributed by atoms with Gasteiger partial charge in [-0.25, -0.2) is 23.1 Å². The predicted molar refractivity (Wildman–Crippen MR) is 129 cm³/mol. The molecule has 4 aromatic rings. The van der Waals surface area contributed by atoms with Crippen LogP contribution in [-0.2, 0) is 0 Å². The minimum Gasteiger partial charge on any atom is -0.391 e. The second-order valence-electron chi connectivity index (χ2n) is 9.19. The van der Waals surface area contributed by atoms with Crippen LogP contribution >= 0.6 is 0 Å². The quantitative estimate of drug-likeness (QED) is 0.433. The van der Waals surface area contributed by atoms with Crippen LogP contribution in [0.15, 0.2) is 54.9 Å². The van der Waals surface area contributed by atoms with Crippen LogP contribution in [0.5, 0.6) is 0 Å². The second kappa shape index (κ2) is 8.98. The van der Waals surface area contributed by atoms with Crippen molar-refractivity contribution >= 4 is 28.8 Å². The highest BCUT2D eigenvalue weighted by Crippen LogP contribution is 2.38. The van der Waals surface area contributed by atoms with Crippen LogP contribution in [0.25, 0.3) is 5.65 Å². The number of halogens is 3. The van der Waals surface area contributed by atoms with Gasteiger partial charge in [0, 0.05) is 25.1 Å². The fourth-order valence-corrected chi connectivity index (χ4v) is 4.96. The Morgan fingerprint density at radius 1 is 1.00 bits per heavy atom. The van der Waals surface area contributed by atoms with E-state index in [0.29, 0.717) is 29.6 Å². The van der Waals surface area contributed by atoms with E-state index in [1.807, 2.05) is 12.1 Å². The number of nitrogens with zero attached hydrogens (tertiary/aromatic N) is 6. The number of aliphatic hydroxyl groups excluding tert-OH is 1. The minimum absolute atomic E-state index is 0.0187. The van der Waals surface area contributed by atoms with Crippen LogP contribution < -0.4 is 15.1 Å². The summed E-state index contributed by atoms with van der Waals surface area (Å²) >= 11 is 0. The molecule has 0 aliphatic carbocycles. The summed E-state index contributed by atoms with van der Waals surface area (Å²) in [4.78, 5) is 12.6. The van der Waals surface area contributed by atoms with Gasteiger partial charge >= 0.3 is 0 Å². The van der Waals surface area contributed by atoms with Crippen molar-refractivity contribution in [2.45, 2.75) is 31.2 Å². The maximum atomic E-state index is 14.5. The number of aromatic nitrogens is 4. The van der Waals surface area contributed by atoms with E-state index in [9.17, 15) is 18.3 Å². The summed E-state index contributed by atoms with van der Waals surface area (Å²) in [6.45, 7) is 1.39. The van der Waals surface area contributed by atoms with Crippen molar-refractivity contribution in [3.05, 3.63) is 72.1 Å². The minimum atomic E-state index is -1.20. The van der Waals surface area contributed by atoms with Gasteiger partial charge in [-0.3, -0.25) is 0 Å². The molecule has 186 valence electrons. The van der Waals surface area contributed by atoms with E-state index in [0.717, 1.165) is 36.9 Å². The maximum absolute atomic E-state index is 14.5. The Bertz CT molecular complexity index is 1400. The summed E-state index contributed by atoms with van der Waals surface area (Å²) in [5.41, 5.74) is 1.60. The van der Waals surface area contributed by atoms with Crippen LogP contribution in [0.3, 0.4) is 0 Å². The molecule has 0 radical (unpaired) electrons. The third kappa shape index (κ3) is 4.19. The summed E-state index contributed by atoms with van der Waals surface area (Å²) in [6.07, 6.45) is 2.62. The van der Waals surface area contributed by atoms with E-state index in [2.05, 4.69) is 25.3 Å². The largest absolute Gasteiger partial charge is 0.391 e. The van der Waals surface area contributed by atoms with E-state index in [1.54, 1.807) is 33.9 Å². The third-order valence-electron chi connectivity index (χ3n) is 6.74. The molecule has 2 aliphatic rings. The highest BCUT2D eigenvalue weighted by Gasteiger charge is 2.36. The first-order chi connectivity index (χ1) is 17.4. The van der Waals surface area contributed by atoms with Gasteiger partial charge in [0.25, 0.3) is 0 Å². The van der Waals surface area contributed by atoms with E-state index in [1.165, 1.54) is 0 Å². The second-order valence-corrected chi connectivity index (χ2v) is 9.19. The highest BCUT2D eigenvalue weighted by atomic mass is 19.1. The molecule has 5 heterocycles.